The highest BCUT2D eigenvalue weighted by Gasteiger charge is 2.25. The number of nitrogens with one attached hydrogen (secondary N) is 2. The number of anilines is 1. The quantitative estimate of drug-likeness (QED) is 0.671. The highest BCUT2D eigenvalue weighted by Crippen LogP contribution is 2.27. The summed E-state index contributed by atoms with van der Waals surface area (Å²) in [7, 11) is 0. The largest absolute Gasteiger partial charge is 0.378 e. The Morgan fingerprint density at radius 1 is 1.15 bits per heavy atom. The fourth-order valence-electron chi connectivity index (χ4n) is 2.61. The van der Waals surface area contributed by atoms with Gasteiger partial charge in [-0.3, -0.25) is 14.7 Å². The van der Waals surface area contributed by atoms with Gasteiger partial charge in [0, 0.05) is 25.7 Å². The zero-order valence-corrected chi connectivity index (χ0v) is 17.5. The Morgan fingerprint density at radius 2 is 1.81 bits per heavy atom. The number of hydrogen-bond acceptors (Lipinski definition) is 7. The number of hydrogen-bond donors (Lipinski definition) is 2. The van der Waals surface area contributed by atoms with Crippen LogP contribution in [-0.2, 0) is 16.1 Å². The summed E-state index contributed by atoms with van der Waals surface area (Å²) >= 11 is 1.31. The van der Waals surface area contributed by atoms with Crippen molar-refractivity contribution >= 4 is 29.6 Å². The van der Waals surface area contributed by atoms with Gasteiger partial charge in [-0.15, -0.1) is 10.2 Å². The summed E-state index contributed by atoms with van der Waals surface area (Å²) in [6, 6.07) is -0.522. The van der Waals surface area contributed by atoms with E-state index >= 15 is 0 Å². The molecule has 27 heavy (non-hydrogen) atoms. The Balaban J connectivity index is 2.08. The number of imide groups is 1. The minimum absolute atomic E-state index is 0.0361. The molecule has 1 aliphatic heterocycles. The lowest BCUT2D eigenvalue weighted by molar-refractivity contribution is -0.119. The topological polar surface area (TPSA) is 101 Å². The molecule has 152 valence electrons. The van der Waals surface area contributed by atoms with E-state index in [1.165, 1.54) is 11.8 Å². The van der Waals surface area contributed by atoms with Crippen LogP contribution in [0.2, 0.25) is 0 Å². The zero-order chi connectivity index (χ0) is 20.0. The summed E-state index contributed by atoms with van der Waals surface area (Å²) in [5.41, 5.74) is 0. The minimum atomic E-state index is -0.486. The fraction of sp³-hybridized carbons (Fsp3) is 0.765. The standard InChI is InChI=1S/C17H30N6O3S/c1-11(2)10-23-16(22-6-8-26-9-7-22)20-21-17(23)27-13(5)14(24)19-15(25)18-12(3)4/h11-13H,6-10H2,1-5H3,(H2,18,19,24,25)/t13-/m1/s1. The molecule has 10 heteroatoms. The van der Waals surface area contributed by atoms with E-state index in [0.717, 1.165) is 25.6 Å². The molecule has 1 aromatic heterocycles. The molecular weight excluding hydrogens is 368 g/mol. The Kier molecular flexibility index (Phi) is 7.91. The third-order valence-electron chi connectivity index (χ3n) is 3.85. The van der Waals surface area contributed by atoms with Crippen molar-refractivity contribution in [3.63, 3.8) is 0 Å². The van der Waals surface area contributed by atoms with E-state index in [-0.39, 0.29) is 11.9 Å². The van der Waals surface area contributed by atoms with E-state index < -0.39 is 11.3 Å². The molecule has 9 nitrogen and oxygen atoms in total. The number of aromatic nitrogens is 3. The molecule has 2 heterocycles. The number of carbonyl (C=O) groups excluding carboxylic acids is 2. The molecule has 1 fully saturated rings. The predicted octanol–water partition coefficient (Wildman–Crippen LogP) is 1.49. The molecule has 0 aliphatic carbocycles. The van der Waals surface area contributed by atoms with Crippen LogP contribution in [0, 0.1) is 5.92 Å². The average Bonchev–Trinajstić information content (AvgIpc) is 2.96. The van der Waals surface area contributed by atoms with Crippen molar-refractivity contribution in [2.45, 2.75) is 57.6 Å². The summed E-state index contributed by atoms with van der Waals surface area (Å²) in [6.07, 6.45) is 0. The van der Waals surface area contributed by atoms with Crippen LogP contribution >= 0.6 is 11.8 Å². The predicted molar refractivity (Wildman–Crippen MR) is 105 cm³/mol. The van der Waals surface area contributed by atoms with Crippen LogP contribution in [0.5, 0.6) is 0 Å². The second kappa shape index (κ2) is 9.93. The van der Waals surface area contributed by atoms with Gasteiger partial charge in [0.25, 0.3) is 0 Å². The van der Waals surface area contributed by atoms with E-state index in [2.05, 4.69) is 44.1 Å². The molecule has 0 spiro atoms. The number of carbonyl (C=O) groups is 2. The molecular formula is C17H30N6O3S. The van der Waals surface area contributed by atoms with Gasteiger partial charge < -0.3 is 15.0 Å². The smallest absolute Gasteiger partial charge is 0.321 e. The molecule has 1 saturated heterocycles. The van der Waals surface area contributed by atoms with Crippen molar-refractivity contribution in [2.24, 2.45) is 5.92 Å². The Bertz CT molecular complexity index is 643. The van der Waals surface area contributed by atoms with Gasteiger partial charge in [0.2, 0.25) is 11.9 Å². The molecule has 0 radical (unpaired) electrons. The van der Waals surface area contributed by atoms with Crippen LogP contribution < -0.4 is 15.5 Å². The summed E-state index contributed by atoms with van der Waals surface area (Å²) in [4.78, 5) is 26.2. The van der Waals surface area contributed by atoms with Crippen LogP contribution in [-0.4, -0.2) is 64.3 Å². The molecule has 0 saturated carbocycles. The molecule has 2 N–H and O–H groups in total. The van der Waals surface area contributed by atoms with E-state index in [9.17, 15) is 9.59 Å². The molecule has 0 bridgehead atoms. The summed E-state index contributed by atoms with van der Waals surface area (Å²) < 4.78 is 7.47. The van der Waals surface area contributed by atoms with Crippen LogP contribution in [0.15, 0.2) is 5.16 Å². The van der Waals surface area contributed by atoms with Crippen LogP contribution in [0.3, 0.4) is 0 Å². The van der Waals surface area contributed by atoms with E-state index in [1.807, 2.05) is 13.8 Å². The molecule has 1 aliphatic rings. The second-order valence-corrected chi connectivity index (χ2v) is 8.57. The van der Waals surface area contributed by atoms with Crippen LogP contribution in [0.25, 0.3) is 0 Å². The monoisotopic (exact) mass is 398 g/mol. The summed E-state index contributed by atoms with van der Waals surface area (Å²) in [6.45, 7) is 13.3. The van der Waals surface area contributed by atoms with Crippen molar-refractivity contribution < 1.29 is 14.3 Å². The molecule has 1 aromatic rings. The summed E-state index contributed by atoms with van der Waals surface area (Å²) in [5.74, 6) is 0.853. The van der Waals surface area contributed by atoms with Crippen molar-refractivity contribution in [3.05, 3.63) is 0 Å². The first-order valence-electron chi connectivity index (χ1n) is 9.31. The van der Waals surface area contributed by atoms with Gasteiger partial charge in [0.15, 0.2) is 5.16 Å². The second-order valence-electron chi connectivity index (χ2n) is 7.26. The van der Waals surface area contributed by atoms with Gasteiger partial charge in [0.1, 0.15) is 0 Å². The highest BCUT2D eigenvalue weighted by molar-refractivity contribution is 8.00. The van der Waals surface area contributed by atoms with Gasteiger partial charge in [0.05, 0.1) is 18.5 Å². The maximum atomic E-state index is 12.3. The number of thioether (sulfide) groups is 1. The number of rotatable bonds is 7. The van der Waals surface area contributed by atoms with Gasteiger partial charge in [-0.05, 0) is 26.7 Å². The molecule has 3 amide bonds. The minimum Gasteiger partial charge on any atom is -0.378 e. The maximum absolute atomic E-state index is 12.3. The molecule has 2 rings (SSSR count). The Morgan fingerprint density at radius 3 is 2.41 bits per heavy atom. The fourth-order valence-corrected chi connectivity index (χ4v) is 3.47. The van der Waals surface area contributed by atoms with Crippen molar-refractivity contribution in [1.29, 1.82) is 0 Å². The van der Waals surface area contributed by atoms with Crippen molar-refractivity contribution in [1.82, 2.24) is 25.4 Å². The van der Waals surface area contributed by atoms with Gasteiger partial charge in [-0.25, -0.2) is 4.79 Å². The third-order valence-corrected chi connectivity index (χ3v) is 4.93. The van der Waals surface area contributed by atoms with E-state index in [4.69, 9.17) is 4.74 Å². The molecule has 0 unspecified atom stereocenters. The number of ether oxygens (including phenoxy) is 1. The normalized spacial score (nSPS) is 15.9. The number of urea groups is 1. The van der Waals surface area contributed by atoms with Crippen molar-refractivity contribution in [2.75, 3.05) is 31.2 Å². The average molecular weight is 399 g/mol. The van der Waals surface area contributed by atoms with Crippen LogP contribution in [0.1, 0.15) is 34.6 Å². The first kappa shape index (κ1) is 21.5. The molecule has 0 aromatic carbocycles. The third kappa shape index (κ3) is 6.39. The Hall–Kier alpha value is -1.81. The number of nitrogens with zero attached hydrogens (tertiary/aromatic N) is 4. The number of amides is 3. The van der Waals surface area contributed by atoms with Gasteiger partial charge in [-0.1, -0.05) is 25.6 Å². The lowest BCUT2D eigenvalue weighted by atomic mass is 10.2. The first-order valence-corrected chi connectivity index (χ1v) is 10.2. The summed E-state index contributed by atoms with van der Waals surface area (Å²) in [5, 5.41) is 13.9. The SMILES string of the molecule is CC(C)Cn1c(S[C@H](C)C(=O)NC(=O)NC(C)C)nnc1N1CCOCC1. The lowest BCUT2D eigenvalue weighted by Crippen LogP contribution is -2.45. The van der Waals surface area contributed by atoms with Crippen LogP contribution in [0.4, 0.5) is 10.7 Å². The van der Waals surface area contributed by atoms with Gasteiger partial charge >= 0.3 is 6.03 Å². The van der Waals surface area contributed by atoms with Crippen molar-refractivity contribution in [3.8, 4) is 0 Å². The highest BCUT2D eigenvalue weighted by atomic mass is 32.2. The Labute approximate surface area is 164 Å². The lowest BCUT2D eigenvalue weighted by Gasteiger charge is -2.28. The van der Waals surface area contributed by atoms with E-state index in [0.29, 0.717) is 24.3 Å². The van der Waals surface area contributed by atoms with Gasteiger partial charge in [-0.2, -0.15) is 0 Å². The maximum Gasteiger partial charge on any atom is 0.321 e. The number of morpholine rings is 1. The first-order chi connectivity index (χ1) is 12.8. The zero-order valence-electron chi connectivity index (χ0n) is 16.7. The van der Waals surface area contributed by atoms with E-state index in [1.54, 1.807) is 6.92 Å². The molecule has 1 atom stereocenters.